The molecule has 0 N–H and O–H groups in total. The van der Waals surface area contributed by atoms with Crippen LogP contribution < -0.4 is 5.46 Å². The van der Waals surface area contributed by atoms with Gasteiger partial charge in [0.15, 0.2) is 0 Å². The van der Waals surface area contributed by atoms with Crippen molar-refractivity contribution in [3.05, 3.63) is 72.8 Å². The van der Waals surface area contributed by atoms with Gasteiger partial charge in [-0.1, -0.05) is 81.1 Å². The second-order valence-corrected chi connectivity index (χ2v) is 9.74. The molecule has 0 saturated heterocycles. The summed E-state index contributed by atoms with van der Waals surface area (Å²) in [5.41, 5.74) is 6.30. The third kappa shape index (κ3) is 4.11. The zero-order valence-corrected chi connectivity index (χ0v) is 18.1. The fourth-order valence-electron chi connectivity index (χ4n) is 2.55. The van der Waals surface area contributed by atoms with Crippen molar-refractivity contribution in [1.82, 2.24) is 0 Å². The van der Waals surface area contributed by atoms with Crippen molar-refractivity contribution in [2.24, 2.45) is 0 Å². The van der Waals surface area contributed by atoms with Crippen molar-refractivity contribution in [1.29, 1.82) is 0 Å². The van der Waals surface area contributed by atoms with Gasteiger partial charge in [-0.05, 0) is 28.3 Å². The van der Waals surface area contributed by atoms with Crippen LogP contribution in [0.3, 0.4) is 0 Å². The predicted molar refractivity (Wildman–Crippen MR) is 126 cm³/mol. The van der Waals surface area contributed by atoms with Crippen LogP contribution >= 0.6 is 65.0 Å². The quantitative estimate of drug-likeness (QED) is 0.216. The molecule has 3 rings (SSSR count). The molecule has 0 saturated carbocycles. The lowest BCUT2D eigenvalue weighted by molar-refractivity contribution is 1.45. The first-order valence-corrected chi connectivity index (χ1v) is 12.2. The van der Waals surface area contributed by atoms with Crippen molar-refractivity contribution in [2.45, 2.75) is 4.90 Å². The summed E-state index contributed by atoms with van der Waals surface area (Å²) in [5.74, 6) is 0. The van der Waals surface area contributed by atoms with E-state index in [2.05, 4.69) is 129 Å². The van der Waals surface area contributed by atoms with E-state index in [1.165, 1.54) is 32.6 Å². The SMILES string of the molecule is SB(I)c1ccc(-c2ccccc2-c2ccccc2SI)cc1. The van der Waals surface area contributed by atoms with Gasteiger partial charge in [-0.15, -0.1) is 22.4 Å². The van der Waals surface area contributed by atoms with Crippen molar-refractivity contribution >= 4 is 74.3 Å². The van der Waals surface area contributed by atoms with Gasteiger partial charge in [0.1, 0.15) is 0 Å². The minimum Gasteiger partial charge on any atom is -0.209 e. The van der Waals surface area contributed by atoms with Crippen LogP contribution in [0.5, 0.6) is 0 Å². The molecule has 0 unspecified atom stereocenters. The number of thiol groups is 1. The maximum absolute atomic E-state index is 4.50. The molecule has 0 radical (unpaired) electrons. The fourth-order valence-corrected chi connectivity index (χ4v) is 4.68. The Labute approximate surface area is 172 Å². The Hall–Kier alpha value is -0.115. The molecule has 0 nitrogen and oxygen atoms in total. The van der Waals surface area contributed by atoms with Gasteiger partial charge in [0.2, 0.25) is 0 Å². The van der Waals surface area contributed by atoms with Crippen LogP contribution in [0.15, 0.2) is 77.7 Å². The van der Waals surface area contributed by atoms with Gasteiger partial charge in [-0.2, -0.15) is 0 Å². The lowest BCUT2D eigenvalue weighted by atomic mass is 9.89. The zero-order valence-electron chi connectivity index (χ0n) is 12.1. The van der Waals surface area contributed by atoms with Crippen LogP contribution in [0.2, 0.25) is 0 Å². The van der Waals surface area contributed by atoms with Crippen molar-refractivity contribution in [3.8, 4) is 22.3 Å². The molecule has 0 spiro atoms. The van der Waals surface area contributed by atoms with Gasteiger partial charge < -0.3 is 0 Å². The highest BCUT2D eigenvalue weighted by molar-refractivity contribution is 14.2. The van der Waals surface area contributed by atoms with Gasteiger partial charge in [-0.3, -0.25) is 0 Å². The van der Waals surface area contributed by atoms with Gasteiger partial charge in [-0.25, -0.2) is 12.5 Å². The molecular weight excluding hydrogens is 545 g/mol. The van der Waals surface area contributed by atoms with Gasteiger partial charge in [0.05, 0.1) is 0 Å². The van der Waals surface area contributed by atoms with E-state index in [1.54, 1.807) is 8.93 Å². The third-order valence-electron chi connectivity index (χ3n) is 3.68. The number of hydrogen-bond donors (Lipinski definition) is 1. The minimum atomic E-state index is 0.230. The summed E-state index contributed by atoms with van der Waals surface area (Å²) < 4.78 is 0.230. The van der Waals surface area contributed by atoms with Gasteiger partial charge in [0, 0.05) is 26.1 Å². The molecule has 114 valence electrons. The lowest BCUT2D eigenvalue weighted by Gasteiger charge is -2.13. The van der Waals surface area contributed by atoms with Gasteiger partial charge in [0.25, 0.3) is 0 Å². The van der Waals surface area contributed by atoms with E-state index in [-0.39, 0.29) is 3.85 Å². The van der Waals surface area contributed by atoms with E-state index in [0.29, 0.717) is 0 Å². The van der Waals surface area contributed by atoms with Crippen LogP contribution in [-0.4, -0.2) is 3.85 Å². The first kappa shape index (κ1) is 17.7. The Kier molecular flexibility index (Phi) is 6.40. The summed E-state index contributed by atoms with van der Waals surface area (Å²) in [6.07, 6.45) is 0. The second-order valence-electron chi connectivity index (χ2n) is 5.08. The highest BCUT2D eigenvalue weighted by atomic mass is 127. The minimum absolute atomic E-state index is 0.230. The van der Waals surface area contributed by atoms with Crippen LogP contribution in [0, 0.1) is 0 Å². The van der Waals surface area contributed by atoms with Crippen molar-refractivity contribution < 1.29 is 0 Å². The van der Waals surface area contributed by atoms with E-state index in [0.717, 1.165) is 0 Å². The van der Waals surface area contributed by atoms with E-state index >= 15 is 0 Å². The standard InChI is InChI=1S/C18H13BI2S2/c20-19(22)14-11-9-13(10-12-14)15-5-1-2-6-16(15)17-7-3-4-8-18(17)23-21/h1-12,22H. The molecule has 3 aromatic rings. The summed E-state index contributed by atoms with van der Waals surface area (Å²) in [7, 11) is 1.76. The molecular formula is C18H13BI2S2. The molecule has 0 aromatic heterocycles. The Bertz CT molecular complexity index is 804. The Morgan fingerprint density at radius 3 is 1.91 bits per heavy atom. The molecule has 0 bridgehead atoms. The van der Waals surface area contributed by atoms with E-state index in [9.17, 15) is 0 Å². The molecule has 5 heteroatoms. The highest BCUT2D eigenvalue weighted by Crippen LogP contribution is 2.39. The molecule has 0 atom stereocenters. The summed E-state index contributed by atoms with van der Waals surface area (Å²) in [5, 5.41) is 0. The van der Waals surface area contributed by atoms with Crippen LogP contribution in [0.25, 0.3) is 22.3 Å². The molecule has 0 fully saturated rings. The average Bonchev–Trinajstić information content (AvgIpc) is 2.62. The first-order chi connectivity index (χ1) is 11.2. The maximum atomic E-state index is 4.50. The average molecular weight is 558 g/mol. The fraction of sp³-hybridized carbons (Fsp3) is 0. The summed E-state index contributed by atoms with van der Waals surface area (Å²) in [6.45, 7) is 0. The number of benzene rings is 3. The normalized spacial score (nSPS) is 10.6. The predicted octanol–water partition coefficient (Wildman–Crippen LogP) is 6.52. The number of rotatable bonds is 4. The van der Waals surface area contributed by atoms with Gasteiger partial charge >= 0.3 is 3.85 Å². The zero-order chi connectivity index (χ0) is 16.2. The van der Waals surface area contributed by atoms with E-state index in [1.807, 2.05) is 0 Å². The van der Waals surface area contributed by atoms with Crippen LogP contribution in [0.1, 0.15) is 0 Å². The summed E-state index contributed by atoms with van der Waals surface area (Å²) in [4.78, 5) is 1.29. The number of hydrogen-bond acceptors (Lipinski definition) is 2. The summed E-state index contributed by atoms with van der Waals surface area (Å²) >= 11 is 9.17. The topological polar surface area (TPSA) is 0 Å². The third-order valence-corrected chi connectivity index (χ3v) is 6.65. The van der Waals surface area contributed by atoms with E-state index in [4.69, 9.17) is 0 Å². The highest BCUT2D eigenvalue weighted by Gasteiger charge is 2.11. The maximum Gasteiger partial charge on any atom is 0.310 e. The number of halogens is 2. The summed E-state index contributed by atoms with van der Waals surface area (Å²) in [6, 6.07) is 25.9. The smallest absolute Gasteiger partial charge is 0.209 e. The van der Waals surface area contributed by atoms with Crippen molar-refractivity contribution in [2.75, 3.05) is 0 Å². The second kappa shape index (κ2) is 8.31. The monoisotopic (exact) mass is 558 g/mol. The molecule has 0 aliphatic rings. The first-order valence-electron chi connectivity index (χ1n) is 7.10. The lowest BCUT2D eigenvalue weighted by Crippen LogP contribution is -2.16. The van der Waals surface area contributed by atoms with Crippen LogP contribution in [0.4, 0.5) is 0 Å². The van der Waals surface area contributed by atoms with Crippen LogP contribution in [-0.2, 0) is 0 Å². The Morgan fingerprint density at radius 2 is 1.30 bits per heavy atom. The van der Waals surface area contributed by atoms with E-state index < -0.39 is 0 Å². The molecule has 0 aliphatic heterocycles. The Balaban J connectivity index is 2.11. The molecule has 0 heterocycles. The molecule has 23 heavy (non-hydrogen) atoms. The van der Waals surface area contributed by atoms with Crippen molar-refractivity contribution in [3.63, 3.8) is 0 Å². The largest absolute Gasteiger partial charge is 0.310 e. The Morgan fingerprint density at radius 1 is 0.739 bits per heavy atom. The molecule has 0 aliphatic carbocycles. The molecule has 3 aromatic carbocycles. The molecule has 0 amide bonds.